The maximum atomic E-state index is 11.7. The van der Waals surface area contributed by atoms with Gasteiger partial charge in [-0.3, -0.25) is 14.7 Å². The van der Waals surface area contributed by atoms with Crippen LogP contribution in [0.4, 0.5) is 0 Å². The molecule has 1 aromatic carbocycles. The number of nitrogens with one attached hydrogen (secondary N) is 1. The summed E-state index contributed by atoms with van der Waals surface area (Å²) in [6.45, 7) is 5.74. The van der Waals surface area contributed by atoms with Crippen LogP contribution in [-0.2, 0) is 11.3 Å². The molecule has 0 spiro atoms. The number of thiazole rings is 1. The third kappa shape index (κ3) is 5.81. The van der Waals surface area contributed by atoms with Gasteiger partial charge in [0.15, 0.2) is 0 Å². The number of morpholine rings is 1. The number of aromatic nitrogens is 1. The molecule has 1 amide bonds. The number of rotatable bonds is 8. The van der Waals surface area contributed by atoms with Crippen LogP contribution in [0, 0.1) is 0 Å². The van der Waals surface area contributed by atoms with Crippen molar-refractivity contribution in [2.24, 2.45) is 0 Å². The molecule has 0 bridgehead atoms. The first kappa shape index (κ1) is 17.8. The lowest BCUT2D eigenvalue weighted by atomic mass is 10.2. The van der Waals surface area contributed by atoms with E-state index < -0.39 is 0 Å². The zero-order valence-corrected chi connectivity index (χ0v) is 15.0. The summed E-state index contributed by atoms with van der Waals surface area (Å²) >= 11 is 1.34. The molecule has 1 aliphatic heterocycles. The molecule has 0 unspecified atom stereocenters. The van der Waals surface area contributed by atoms with E-state index in [-0.39, 0.29) is 5.91 Å². The van der Waals surface area contributed by atoms with Gasteiger partial charge in [-0.25, -0.2) is 0 Å². The van der Waals surface area contributed by atoms with E-state index in [1.165, 1.54) is 16.9 Å². The highest BCUT2D eigenvalue weighted by molar-refractivity contribution is 7.11. The Hall–Kier alpha value is -1.96. The Morgan fingerprint density at radius 3 is 2.80 bits per heavy atom. The molecule has 1 N–H and O–H groups in total. The van der Waals surface area contributed by atoms with E-state index in [9.17, 15) is 4.79 Å². The van der Waals surface area contributed by atoms with E-state index in [2.05, 4.69) is 27.3 Å². The van der Waals surface area contributed by atoms with Gasteiger partial charge in [-0.1, -0.05) is 12.1 Å². The van der Waals surface area contributed by atoms with Gasteiger partial charge in [-0.2, -0.15) is 0 Å². The van der Waals surface area contributed by atoms with Crippen LogP contribution in [0.25, 0.3) is 0 Å². The summed E-state index contributed by atoms with van der Waals surface area (Å²) < 4.78 is 11.1. The predicted octanol–water partition coefficient (Wildman–Crippen LogP) is 2.17. The molecule has 2 heterocycles. The SMILES string of the molecule is O=C(NCCCOc1ccc(CN2CCOCC2)cc1)c1cncs1. The number of carbonyl (C=O) groups excluding carboxylic acids is 1. The molecule has 3 rings (SSSR count). The highest BCUT2D eigenvalue weighted by atomic mass is 32.1. The van der Waals surface area contributed by atoms with Gasteiger partial charge in [0, 0.05) is 26.2 Å². The average Bonchev–Trinajstić information content (AvgIpc) is 3.18. The minimum atomic E-state index is -0.0741. The van der Waals surface area contributed by atoms with Gasteiger partial charge >= 0.3 is 0 Å². The molecule has 1 fully saturated rings. The van der Waals surface area contributed by atoms with Crippen LogP contribution in [0.3, 0.4) is 0 Å². The molecule has 2 aromatic rings. The number of hydrogen-bond donors (Lipinski definition) is 1. The largest absolute Gasteiger partial charge is 0.494 e. The fourth-order valence-electron chi connectivity index (χ4n) is 2.59. The molecule has 0 saturated carbocycles. The second kappa shape index (κ2) is 9.50. The van der Waals surface area contributed by atoms with Gasteiger partial charge in [0.1, 0.15) is 10.6 Å². The normalized spacial score (nSPS) is 15.0. The predicted molar refractivity (Wildman–Crippen MR) is 97.1 cm³/mol. The number of amides is 1. The molecule has 0 aliphatic carbocycles. The summed E-state index contributed by atoms with van der Waals surface area (Å²) in [7, 11) is 0. The average molecular weight is 361 g/mol. The van der Waals surface area contributed by atoms with E-state index in [0.717, 1.165) is 45.0 Å². The molecule has 25 heavy (non-hydrogen) atoms. The number of nitrogens with zero attached hydrogens (tertiary/aromatic N) is 2. The summed E-state index contributed by atoms with van der Waals surface area (Å²) in [6.07, 6.45) is 2.34. The van der Waals surface area contributed by atoms with Crippen LogP contribution in [0.1, 0.15) is 21.7 Å². The molecular formula is C18H23N3O3S. The number of ether oxygens (including phenoxy) is 2. The van der Waals surface area contributed by atoms with Gasteiger partial charge in [0.25, 0.3) is 5.91 Å². The maximum Gasteiger partial charge on any atom is 0.262 e. The van der Waals surface area contributed by atoms with Gasteiger partial charge < -0.3 is 14.8 Å². The lowest BCUT2D eigenvalue weighted by Crippen LogP contribution is -2.35. The van der Waals surface area contributed by atoms with Gasteiger partial charge in [-0.05, 0) is 24.1 Å². The van der Waals surface area contributed by atoms with Crippen molar-refractivity contribution in [3.05, 3.63) is 46.4 Å². The smallest absolute Gasteiger partial charge is 0.262 e. The highest BCUT2D eigenvalue weighted by Crippen LogP contribution is 2.14. The lowest BCUT2D eigenvalue weighted by Gasteiger charge is -2.26. The summed E-state index contributed by atoms with van der Waals surface area (Å²) in [5.41, 5.74) is 2.94. The third-order valence-corrected chi connectivity index (χ3v) is 4.74. The van der Waals surface area contributed by atoms with Crippen LogP contribution in [0.2, 0.25) is 0 Å². The van der Waals surface area contributed by atoms with Crippen molar-refractivity contribution in [3.63, 3.8) is 0 Å². The Balaban J connectivity index is 1.32. The Kier molecular flexibility index (Phi) is 6.79. The van der Waals surface area contributed by atoms with Crippen LogP contribution in [-0.4, -0.2) is 55.2 Å². The van der Waals surface area contributed by atoms with Crippen LogP contribution >= 0.6 is 11.3 Å². The summed E-state index contributed by atoms with van der Waals surface area (Å²) in [5, 5.41) is 2.86. The number of hydrogen-bond acceptors (Lipinski definition) is 6. The fourth-order valence-corrected chi connectivity index (χ4v) is 3.12. The van der Waals surface area contributed by atoms with Crippen molar-refractivity contribution in [1.29, 1.82) is 0 Å². The van der Waals surface area contributed by atoms with Crippen LogP contribution < -0.4 is 10.1 Å². The van der Waals surface area contributed by atoms with Crippen molar-refractivity contribution in [3.8, 4) is 5.75 Å². The van der Waals surface area contributed by atoms with Crippen molar-refractivity contribution in [2.45, 2.75) is 13.0 Å². The minimum Gasteiger partial charge on any atom is -0.494 e. The summed E-state index contributed by atoms with van der Waals surface area (Å²) in [5.74, 6) is 0.787. The monoisotopic (exact) mass is 361 g/mol. The standard InChI is InChI=1S/C18H23N3O3S/c22-18(17-12-19-14-25-17)20-6-1-9-24-16-4-2-15(3-5-16)13-21-7-10-23-11-8-21/h2-5,12,14H,1,6-11,13H2,(H,20,22). The molecular weight excluding hydrogens is 338 g/mol. The van der Waals surface area contributed by atoms with Crippen molar-refractivity contribution >= 4 is 17.2 Å². The molecule has 6 nitrogen and oxygen atoms in total. The molecule has 1 saturated heterocycles. The van der Waals surface area contributed by atoms with Gasteiger partial charge in [0.2, 0.25) is 0 Å². The maximum absolute atomic E-state index is 11.7. The van der Waals surface area contributed by atoms with Gasteiger partial charge in [0.05, 0.1) is 31.5 Å². The zero-order valence-electron chi connectivity index (χ0n) is 14.1. The fraction of sp³-hybridized carbons (Fsp3) is 0.444. The zero-order chi connectivity index (χ0) is 17.3. The van der Waals surface area contributed by atoms with E-state index in [1.807, 2.05) is 12.1 Å². The molecule has 1 aromatic heterocycles. The molecule has 134 valence electrons. The molecule has 7 heteroatoms. The Labute approximate surface area is 151 Å². The quantitative estimate of drug-likeness (QED) is 0.730. The Morgan fingerprint density at radius 1 is 1.28 bits per heavy atom. The van der Waals surface area contributed by atoms with Crippen LogP contribution in [0.5, 0.6) is 5.75 Å². The van der Waals surface area contributed by atoms with E-state index in [4.69, 9.17) is 9.47 Å². The highest BCUT2D eigenvalue weighted by Gasteiger charge is 2.10. The first-order chi connectivity index (χ1) is 12.3. The van der Waals surface area contributed by atoms with Crippen molar-refractivity contribution in [2.75, 3.05) is 39.5 Å². The van der Waals surface area contributed by atoms with Crippen LogP contribution in [0.15, 0.2) is 36.0 Å². The van der Waals surface area contributed by atoms with E-state index in [0.29, 0.717) is 18.0 Å². The van der Waals surface area contributed by atoms with Crippen molar-refractivity contribution < 1.29 is 14.3 Å². The Morgan fingerprint density at radius 2 is 2.08 bits per heavy atom. The molecule has 0 radical (unpaired) electrons. The number of benzene rings is 1. The first-order valence-corrected chi connectivity index (χ1v) is 9.38. The van der Waals surface area contributed by atoms with Crippen molar-refractivity contribution in [1.82, 2.24) is 15.2 Å². The topological polar surface area (TPSA) is 63.7 Å². The van der Waals surface area contributed by atoms with Gasteiger partial charge in [-0.15, -0.1) is 11.3 Å². The second-order valence-electron chi connectivity index (χ2n) is 5.86. The number of carbonyl (C=O) groups is 1. The summed E-state index contributed by atoms with van der Waals surface area (Å²) in [6, 6.07) is 8.23. The van der Waals surface area contributed by atoms with E-state index >= 15 is 0 Å². The third-order valence-electron chi connectivity index (χ3n) is 3.96. The van der Waals surface area contributed by atoms with E-state index in [1.54, 1.807) is 11.7 Å². The molecule has 1 aliphatic rings. The second-order valence-corrected chi connectivity index (χ2v) is 6.74. The molecule has 0 atom stereocenters. The Bertz CT molecular complexity index is 640. The minimum absolute atomic E-state index is 0.0741. The summed E-state index contributed by atoms with van der Waals surface area (Å²) in [4.78, 5) is 18.7. The first-order valence-electron chi connectivity index (χ1n) is 8.50. The lowest BCUT2D eigenvalue weighted by molar-refractivity contribution is 0.0342.